The molecular weight excluding hydrogens is 438 g/mol. The highest BCUT2D eigenvalue weighted by Crippen LogP contribution is 2.29. The fraction of sp³-hybridized carbons (Fsp3) is 0. The third kappa shape index (κ3) is 4.02. The van der Waals surface area contributed by atoms with Gasteiger partial charge < -0.3 is 5.32 Å². The molecule has 9 heteroatoms. The molecule has 0 fully saturated rings. The molecule has 0 saturated carbocycles. The van der Waals surface area contributed by atoms with Crippen LogP contribution < -0.4 is 5.32 Å². The van der Waals surface area contributed by atoms with Crippen molar-refractivity contribution in [2.75, 3.05) is 5.32 Å². The lowest BCUT2D eigenvalue weighted by Gasteiger charge is -2.12. The number of ketones is 1. The lowest BCUT2D eigenvalue weighted by molar-refractivity contribution is 0.101. The van der Waals surface area contributed by atoms with Gasteiger partial charge >= 0.3 is 0 Å². The first kappa shape index (κ1) is 21.0. The minimum absolute atomic E-state index is 0.0198. The zero-order chi connectivity index (χ0) is 22.8. The maximum atomic E-state index is 15.2. The molecule has 0 aliphatic rings. The molecule has 1 heterocycles. The molecule has 32 heavy (non-hydrogen) atoms. The van der Waals surface area contributed by atoms with Crippen molar-refractivity contribution in [1.82, 2.24) is 9.97 Å². The third-order valence-corrected chi connectivity index (χ3v) is 4.89. The molecule has 156 valence electrons. The van der Waals surface area contributed by atoms with Crippen LogP contribution in [-0.4, -0.2) is 21.7 Å². The number of hydrogen-bond acceptors (Lipinski definition) is 5. The van der Waals surface area contributed by atoms with Crippen molar-refractivity contribution in [3.05, 3.63) is 99.8 Å². The van der Waals surface area contributed by atoms with E-state index in [0.29, 0.717) is 5.52 Å². The van der Waals surface area contributed by atoms with Crippen molar-refractivity contribution >= 4 is 40.0 Å². The van der Waals surface area contributed by atoms with E-state index in [1.807, 2.05) is 6.07 Å². The number of anilines is 1. The van der Waals surface area contributed by atoms with Gasteiger partial charge in [-0.2, -0.15) is 5.26 Å². The molecule has 0 radical (unpaired) electrons. The van der Waals surface area contributed by atoms with E-state index in [-0.39, 0.29) is 33.0 Å². The van der Waals surface area contributed by atoms with Crippen LogP contribution in [0.15, 0.2) is 60.8 Å². The van der Waals surface area contributed by atoms with Gasteiger partial charge in [0.1, 0.15) is 11.9 Å². The van der Waals surface area contributed by atoms with Crippen molar-refractivity contribution < 1.29 is 18.4 Å². The Kier molecular flexibility index (Phi) is 5.58. The van der Waals surface area contributed by atoms with E-state index in [1.54, 1.807) is 0 Å². The van der Waals surface area contributed by atoms with Gasteiger partial charge in [0.15, 0.2) is 17.3 Å². The van der Waals surface area contributed by atoms with Crippen LogP contribution in [0.25, 0.3) is 11.0 Å². The zero-order valence-corrected chi connectivity index (χ0v) is 16.8. The number of halogens is 3. The van der Waals surface area contributed by atoms with Gasteiger partial charge in [-0.1, -0.05) is 17.7 Å². The molecule has 0 bridgehead atoms. The number of nitrogens with one attached hydrogen (secondary N) is 1. The van der Waals surface area contributed by atoms with Gasteiger partial charge in [0.2, 0.25) is 0 Å². The van der Waals surface area contributed by atoms with Crippen LogP contribution in [0.4, 0.5) is 14.5 Å². The Hall–Kier alpha value is -4.22. The van der Waals surface area contributed by atoms with Gasteiger partial charge in [-0.3, -0.25) is 14.6 Å². The summed E-state index contributed by atoms with van der Waals surface area (Å²) in [6.45, 7) is 0. The zero-order valence-electron chi connectivity index (χ0n) is 16.1. The van der Waals surface area contributed by atoms with Crippen LogP contribution in [0, 0.1) is 23.0 Å². The Bertz CT molecular complexity index is 1450. The Morgan fingerprint density at radius 1 is 1.00 bits per heavy atom. The minimum Gasteiger partial charge on any atom is -0.319 e. The average Bonchev–Trinajstić information content (AvgIpc) is 2.80. The van der Waals surface area contributed by atoms with Gasteiger partial charge in [0, 0.05) is 11.1 Å². The maximum Gasteiger partial charge on any atom is 0.255 e. The van der Waals surface area contributed by atoms with Crippen LogP contribution in [-0.2, 0) is 0 Å². The van der Waals surface area contributed by atoms with E-state index in [4.69, 9.17) is 16.9 Å². The molecule has 3 aromatic carbocycles. The first-order chi connectivity index (χ1) is 15.4. The molecule has 1 aromatic heterocycles. The van der Waals surface area contributed by atoms with Crippen molar-refractivity contribution in [3.63, 3.8) is 0 Å². The highest BCUT2D eigenvalue weighted by atomic mass is 35.5. The van der Waals surface area contributed by atoms with E-state index in [9.17, 15) is 14.0 Å². The van der Waals surface area contributed by atoms with Gasteiger partial charge in [-0.15, -0.1) is 0 Å². The average molecular weight is 449 g/mol. The molecule has 6 nitrogen and oxygen atoms in total. The van der Waals surface area contributed by atoms with E-state index in [1.165, 1.54) is 54.7 Å². The number of fused-ring (bicyclic) bond motifs is 1. The number of carbonyl (C=O) groups excluding carboxylic acids is 2. The second kappa shape index (κ2) is 8.49. The predicted molar refractivity (Wildman–Crippen MR) is 113 cm³/mol. The quantitative estimate of drug-likeness (QED) is 0.447. The van der Waals surface area contributed by atoms with E-state index in [0.717, 1.165) is 6.07 Å². The molecule has 0 unspecified atom stereocenters. The number of hydrogen-bond donors (Lipinski definition) is 1. The molecule has 1 amide bonds. The number of rotatable bonds is 4. The van der Waals surface area contributed by atoms with Crippen molar-refractivity contribution in [3.8, 4) is 6.07 Å². The van der Waals surface area contributed by atoms with Gasteiger partial charge in [0.05, 0.1) is 33.5 Å². The molecule has 0 atom stereocenters. The van der Waals surface area contributed by atoms with E-state index >= 15 is 4.39 Å². The van der Waals surface area contributed by atoms with E-state index < -0.39 is 28.9 Å². The second-order valence-corrected chi connectivity index (χ2v) is 7.06. The standard InChI is InChI=1S/C23H11ClF2N4O2/c24-16-5-7-18(30-23(32)13-2-1-3-14(25)8-13)21(26)20(16)22(31)12-4-6-17-19(9-12)29-15(10-27)11-28-17/h1-9,11H,(H,30,32). The summed E-state index contributed by atoms with van der Waals surface area (Å²) in [6, 6.07) is 13.5. The lowest BCUT2D eigenvalue weighted by Crippen LogP contribution is -2.15. The first-order valence-electron chi connectivity index (χ1n) is 9.14. The van der Waals surface area contributed by atoms with Gasteiger partial charge in [0.25, 0.3) is 5.91 Å². The number of aromatic nitrogens is 2. The summed E-state index contributed by atoms with van der Waals surface area (Å²) in [7, 11) is 0. The smallest absolute Gasteiger partial charge is 0.255 e. The first-order valence-corrected chi connectivity index (χ1v) is 9.51. The molecule has 4 rings (SSSR count). The fourth-order valence-electron chi connectivity index (χ4n) is 3.03. The number of nitriles is 1. The fourth-order valence-corrected chi connectivity index (χ4v) is 3.26. The molecule has 0 aliphatic carbocycles. The van der Waals surface area contributed by atoms with Crippen molar-refractivity contribution in [1.29, 1.82) is 5.26 Å². The lowest BCUT2D eigenvalue weighted by atomic mass is 10.0. The van der Waals surface area contributed by atoms with Crippen molar-refractivity contribution in [2.45, 2.75) is 0 Å². The summed E-state index contributed by atoms with van der Waals surface area (Å²) in [5, 5.41) is 11.1. The van der Waals surface area contributed by atoms with Crippen LogP contribution in [0.1, 0.15) is 32.0 Å². The molecule has 4 aromatic rings. The highest BCUT2D eigenvalue weighted by Gasteiger charge is 2.22. The maximum absolute atomic E-state index is 15.2. The number of nitrogens with zero attached hydrogens (tertiary/aromatic N) is 3. The second-order valence-electron chi connectivity index (χ2n) is 6.65. The summed E-state index contributed by atoms with van der Waals surface area (Å²) >= 11 is 6.09. The number of benzene rings is 3. The number of carbonyl (C=O) groups is 2. The molecule has 0 spiro atoms. The molecular formula is C23H11ClF2N4O2. The molecule has 1 N–H and O–H groups in total. The van der Waals surface area contributed by atoms with Gasteiger partial charge in [-0.25, -0.2) is 13.8 Å². The van der Waals surface area contributed by atoms with Crippen LogP contribution in [0.3, 0.4) is 0 Å². The topological polar surface area (TPSA) is 95.7 Å². The van der Waals surface area contributed by atoms with Crippen LogP contribution in [0.5, 0.6) is 0 Å². The summed E-state index contributed by atoms with van der Waals surface area (Å²) in [5.74, 6) is -3.16. The Morgan fingerprint density at radius 3 is 2.56 bits per heavy atom. The number of amides is 1. The molecule has 0 aliphatic heterocycles. The van der Waals surface area contributed by atoms with Crippen LogP contribution >= 0.6 is 11.6 Å². The Morgan fingerprint density at radius 2 is 1.81 bits per heavy atom. The minimum atomic E-state index is -1.04. The summed E-state index contributed by atoms with van der Waals surface area (Å²) in [5.41, 5.74) is 0.0929. The third-order valence-electron chi connectivity index (χ3n) is 4.57. The Labute approximate surface area is 185 Å². The normalized spacial score (nSPS) is 10.6. The highest BCUT2D eigenvalue weighted by molar-refractivity contribution is 6.35. The predicted octanol–water partition coefficient (Wildman–Crippen LogP) is 4.92. The van der Waals surface area contributed by atoms with Crippen LogP contribution in [0.2, 0.25) is 5.02 Å². The Balaban J connectivity index is 1.71. The summed E-state index contributed by atoms with van der Waals surface area (Å²) in [6.07, 6.45) is 1.30. The summed E-state index contributed by atoms with van der Waals surface area (Å²) < 4.78 is 28.6. The van der Waals surface area contributed by atoms with Crippen molar-refractivity contribution in [2.24, 2.45) is 0 Å². The van der Waals surface area contributed by atoms with Gasteiger partial charge in [-0.05, 0) is 48.5 Å². The summed E-state index contributed by atoms with van der Waals surface area (Å²) in [4.78, 5) is 33.6. The SMILES string of the molecule is N#Cc1cnc2ccc(C(=O)c3c(Cl)ccc(NC(=O)c4cccc(F)c4)c3F)cc2n1. The molecule has 0 saturated heterocycles. The largest absolute Gasteiger partial charge is 0.319 e. The monoisotopic (exact) mass is 448 g/mol. The van der Waals surface area contributed by atoms with E-state index in [2.05, 4.69) is 15.3 Å².